The molecule has 0 aliphatic carbocycles. The van der Waals surface area contributed by atoms with Gasteiger partial charge in [-0.15, -0.1) is 0 Å². The fourth-order valence-electron chi connectivity index (χ4n) is 2.48. The average Bonchev–Trinajstić information content (AvgIpc) is 2.94. The van der Waals surface area contributed by atoms with Crippen LogP contribution in [0.4, 0.5) is 10.1 Å². The van der Waals surface area contributed by atoms with Gasteiger partial charge < -0.3 is 9.80 Å². The molecule has 1 saturated heterocycles. The maximum Gasteiger partial charge on any atom is 0.272 e. The van der Waals surface area contributed by atoms with Gasteiger partial charge in [0.1, 0.15) is 11.5 Å². The Morgan fingerprint density at radius 2 is 1.81 bits per heavy atom. The second-order valence-electron chi connectivity index (χ2n) is 4.90. The molecular formula is C14H15FN4O2. The Labute approximate surface area is 120 Å². The number of carbonyl (C=O) groups excluding carboxylic acids is 1. The summed E-state index contributed by atoms with van der Waals surface area (Å²) in [7, 11) is 0. The molecule has 110 valence electrons. The molecule has 1 aromatic carbocycles. The number of hydrogen-bond donors (Lipinski definition) is 2. The number of anilines is 1. The molecule has 1 amide bonds. The molecular weight excluding hydrogens is 275 g/mol. The zero-order valence-corrected chi connectivity index (χ0v) is 11.3. The quantitative estimate of drug-likeness (QED) is 0.859. The van der Waals surface area contributed by atoms with Crippen molar-refractivity contribution in [2.45, 2.75) is 0 Å². The number of amides is 1. The van der Waals surface area contributed by atoms with Crippen LogP contribution in [0.5, 0.6) is 0 Å². The van der Waals surface area contributed by atoms with Gasteiger partial charge in [-0.3, -0.25) is 19.8 Å². The van der Waals surface area contributed by atoms with Crippen molar-refractivity contribution >= 4 is 11.6 Å². The highest BCUT2D eigenvalue weighted by atomic mass is 19.1. The lowest BCUT2D eigenvalue weighted by atomic mass is 10.2. The third kappa shape index (κ3) is 2.67. The van der Waals surface area contributed by atoms with Crippen LogP contribution in [0.15, 0.2) is 35.1 Å². The van der Waals surface area contributed by atoms with Gasteiger partial charge in [0.05, 0.1) is 5.69 Å². The molecule has 21 heavy (non-hydrogen) atoms. The molecule has 3 rings (SSSR count). The molecule has 2 N–H and O–H groups in total. The van der Waals surface area contributed by atoms with E-state index in [1.54, 1.807) is 23.1 Å². The highest BCUT2D eigenvalue weighted by Gasteiger charge is 2.24. The van der Waals surface area contributed by atoms with Gasteiger partial charge >= 0.3 is 0 Å². The van der Waals surface area contributed by atoms with Crippen LogP contribution in [-0.2, 0) is 0 Å². The van der Waals surface area contributed by atoms with Gasteiger partial charge in [0, 0.05) is 32.2 Å². The SMILES string of the molecule is O=C(c1cc(=O)[nH][nH]1)N1CCN(c2ccccc2F)CC1. The van der Waals surface area contributed by atoms with E-state index in [-0.39, 0.29) is 23.0 Å². The zero-order chi connectivity index (χ0) is 14.8. The van der Waals surface area contributed by atoms with Crippen LogP contribution in [0.2, 0.25) is 0 Å². The molecule has 0 spiro atoms. The summed E-state index contributed by atoms with van der Waals surface area (Å²) in [6.45, 7) is 2.09. The summed E-state index contributed by atoms with van der Waals surface area (Å²) in [5, 5.41) is 4.89. The molecule has 0 radical (unpaired) electrons. The Morgan fingerprint density at radius 3 is 2.43 bits per heavy atom. The number of rotatable bonds is 2. The van der Waals surface area contributed by atoms with Crippen molar-refractivity contribution in [1.29, 1.82) is 0 Å². The van der Waals surface area contributed by atoms with Gasteiger partial charge in [0.2, 0.25) is 0 Å². The number of carbonyl (C=O) groups is 1. The van der Waals surface area contributed by atoms with E-state index < -0.39 is 0 Å². The number of benzene rings is 1. The van der Waals surface area contributed by atoms with Crippen LogP contribution in [0.25, 0.3) is 0 Å². The summed E-state index contributed by atoms with van der Waals surface area (Å²) in [6.07, 6.45) is 0. The molecule has 0 unspecified atom stereocenters. The number of para-hydroxylation sites is 1. The lowest BCUT2D eigenvalue weighted by Gasteiger charge is -2.36. The van der Waals surface area contributed by atoms with Crippen molar-refractivity contribution in [1.82, 2.24) is 15.1 Å². The van der Waals surface area contributed by atoms with Crippen LogP contribution < -0.4 is 10.5 Å². The highest BCUT2D eigenvalue weighted by molar-refractivity contribution is 5.92. The first-order valence-electron chi connectivity index (χ1n) is 6.71. The van der Waals surface area contributed by atoms with E-state index in [1.807, 2.05) is 4.90 Å². The van der Waals surface area contributed by atoms with Crippen molar-refractivity contribution < 1.29 is 9.18 Å². The summed E-state index contributed by atoms with van der Waals surface area (Å²) in [5.74, 6) is -0.478. The van der Waals surface area contributed by atoms with E-state index in [1.165, 1.54) is 12.1 Å². The summed E-state index contributed by atoms with van der Waals surface area (Å²) in [6, 6.07) is 7.85. The molecule has 1 fully saturated rings. The van der Waals surface area contributed by atoms with Crippen molar-refractivity contribution in [2.24, 2.45) is 0 Å². The first kappa shape index (κ1) is 13.4. The van der Waals surface area contributed by atoms with Crippen molar-refractivity contribution in [3.8, 4) is 0 Å². The average molecular weight is 290 g/mol. The van der Waals surface area contributed by atoms with Gasteiger partial charge in [-0.05, 0) is 12.1 Å². The van der Waals surface area contributed by atoms with Gasteiger partial charge in [-0.1, -0.05) is 12.1 Å². The standard InChI is InChI=1S/C14H15FN4O2/c15-10-3-1-2-4-12(10)18-5-7-19(8-6-18)14(21)11-9-13(20)17-16-11/h1-4,9H,5-8H2,(H2,16,17,20). The van der Waals surface area contributed by atoms with Gasteiger partial charge in [-0.2, -0.15) is 0 Å². The molecule has 1 aliphatic heterocycles. The monoisotopic (exact) mass is 290 g/mol. The van der Waals surface area contributed by atoms with Crippen molar-refractivity contribution in [3.05, 3.63) is 52.2 Å². The molecule has 6 nitrogen and oxygen atoms in total. The van der Waals surface area contributed by atoms with Crippen LogP contribution in [0.1, 0.15) is 10.5 Å². The van der Waals surface area contributed by atoms with Crippen LogP contribution in [0.3, 0.4) is 0 Å². The summed E-state index contributed by atoms with van der Waals surface area (Å²) >= 11 is 0. The molecule has 1 aromatic heterocycles. The van der Waals surface area contributed by atoms with E-state index in [2.05, 4.69) is 10.2 Å². The number of piperazine rings is 1. The van der Waals surface area contributed by atoms with E-state index in [9.17, 15) is 14.0 Å². The van der Waals surface area contributed by atoms with Gasteiger partial charge in [0.25, 0.3) is 11.5 Å². The van der Waals surface area contributed by atoms with Gasteiger partial charge in [-0.25, -0.2) is 4.39 Å². The molecule has 0 saturated carbocycles. The molecule has 1 aliphatic rings. The number of aromatic amines is 2. The van der Waals surface area contributed by atoms with E-state index in [0.717, 1.165) is 0 Å². The van der Waals surface area contributed by atoms with Crippen LogP contribution in [0, 0.1) is 5.82 Å². The topological polar surface area (TPSA) is 72.2 Å². The molecule has 2 heterocycles. The van der Waals surface area contributed by atoms with E-state index >= 15 is 0 Å². The predicted octanol–water partition coefficient (Wildman–Crippen LogP) is 0.804. The third-order valence-corrected chi connectivity index (χ3v) is 3.59. The normalized spacial score (nSPS) is 15.3. The smallest absolute Gasteiger partial charge is 0.272 e. The number of H-pyrrole nitrogens is 2. The fraction of sp³-hybridized carbons (Fsp3) is 0.286. The van der Waals surface area contributed by atoms with E-state index in [4.69, 9.17) is 0 Å². The number of hydrogen-bond acceptors (Lipinski definition) is 3. The second-order valence-corrected chi connectivity index (χ2v) is 4.90. The maximum absolute atomic E-state index is 13.7. The number of aromatic nitrogens is 2. The largest absolute Gasteiger partial charge is 0.366 e. The highest BCUT2D eigenvalue weighted by Crippen LogP contribution is 2.20. The first-order chi connectivity index (χ1) is 10.1. The number of nitrogens with one attached hydrogen (secondary N) is 2. The Morgan fingerprint density at radius 1 is 1.10 bits per heavy atom. The van der Waals surface area contributed by atoms with Crippen molar-refractivity contribution in [2.75, 3.05) is 31.1 Å². The maximum atomic E-state index is 13.7. The number of nitrogens with zero attached hydrogens (tertiary/aromatic N) is 2. The minimum absolute atomic E-state index is 0.221. The Hall–Kier alpha value is -2.57. The van der Waals surface area contributed by atoms with Crippen LogP contribution >= 0.6 is 0 Å². The zero-order valence-electron chi connectivity index (χ0n) is 11.3. The van der Waals surface area contributed by atoms with E-state index in [0.29, 0.717) is 31.9 Å². The molecule has 7 heteroatoms. The summed E-state index contributed by atoms with van der Waals surface area (Å²) < 4.78 is 13.7. The second kappa shape index (κ2) is 5.43. The number of halogens is 1. The van der Waals surface area contributed by atoms with Crippen molar-refractivity contribution in [3.63, 3.8) is 0 Å². The third-order valence-electron chi connectivity index (χ3n) is 3.59. The van der Waals surface area contributed by atoms with Crippen LogP contribution in [-0.4, -0.2) is 47.2 Å². The summed E-state index contributed by atoms with van der Waals surface area (Å²) in [5.41, 5.74) is 0.474. The minimum Gasteiger partial charge on any atom is -0.366 e. The molecule has 2 aromatic rings. The molecule has 0 bridgehead atoms. The minimum atomic E-state index is -0.330. The lowest BCUT2D eigenvalue weighted by molar-refractivity contribution is 0.0740. The van der Waals surface area contributed by atoms with Gasteiger partial charge in [0.15, 0.2) is 0 Å². The Kier molecular flexibility index (Phi) is 3.47. The lowest BCUT2D eigenvalue weighted by Crippen LogP contribution is -2.49. The predicted molar refractivity (Wildman–Crippen MR) is 75.9 cm³/mol. The Bertz CT molecular complexity index is 701. The Balaban J connectivity index is 1.67. The first-order valence-corrected chi connectivity index (χ1v) is 6.71. The fourth-order valence-corrected chi connectivity index (χ4v) is 2.48. The summed E-state index contributed by atoms with van der Waals surface area (Å²) in [4.78, 5) is 26.8. The molecule has 0 atom stereocenters.